The van der Waals surface area contributed by atoms with Gasteiger partial charge in [-0.2, -0.15) is 10.2 Å². The first-order valence-electron chi connectivity index (χ1n) is 7.20. The molecule has 3 rings (SSSR count). The van der Waals surface area contributed by atoms with Crippen LogP contribution in [0.2, 0.25) is 5.02 Å². The molecule has 0 aliphatic rings. The molecule has 118 valence electrons. The Bertz CT molecular complexity index is 823. The molecule has 0 bridgehead atoms. The lowest BCUT2D eigenvalue weighted by Crippen LogP contribution is -2.26. The zero-order valence-electron chi connectivity index (χ0n) is 12.6. The zero-order chi connectivity index (χ0) is 16.2. The Balaban J connectivity index is 1.61. The van der Waals surface area contributed by atoms with Crippen LogP contribution in [0.1, 0.15) is 16.1 Å². The molecule has 0 saturated heterocycles. The van der Waals surface area contributed by atoms with Gasteiger partial charge < -0.3 is 5.32 Å². The molecule has 2 heterocycles. The second-order valence-electron chi connectivity index (χ2n) is 5.13. The number of carbonyl (C=O) groups excluding carboxylic acids is 1. The van der Waals surface area contributed by atoms with Crippen molar-refractivity contribution in [3.8, 4) is 5.69 Å². The summed E-state index contributed by atoms with van der Waals surface area (Å²) in [5, 5.41) is 11.8. The van der Waals surface area contributed by atoms with Crippen LogP contribution in [0.3, 0.4) is 0 Å². The lowest BCUT2D eigenvalue weighted by atomic mass is 10.2. The monoisotopic (exact) mass is 329 g/mol. The first-order valence-corrected chi connectivity index (χ1v) is 7.57. The highest BCUT2D eigenvalue weighted by Crippen LogP contribution is 2.18. The Morgan fingerprint density at radius 2 is 2.13 bits per heavy atom. The minimum Gasteiger partial charge on any atom is -0.350 e. The number of rotatable bonds is 5. The van der Waals surface area contributed by atoms with E-state index in [9.17, 15) is 4.79 Å². The number of benzene rings is 1. The quantitative estimate of drug-likeness (QED) is 0.780. The summed E-state index contributed by atoms with van der Waals surface area (Å²) in [6.07, 6.45) is 6.17. The topological polar surface area (TPSA) is 64.7 Å². The summed E-state index contributed by atoms with van der Waals surface area (Å²) in [5.74, 6) is -0.209. The summed E-state index contributed by atoms with van der Waals surface area (Å²) in [6, 6.07) is 9.02. The van der Waals surface area contributed by atoms with Crippen LogP contribution in [0.4, 0.5) is 0 Å². The second kappa shape index (κ2) is 6.66. The molecule has 0 aliphatic carbocycles. The summed E-state index contributed by atoms with van der Waals surface area (Å²) in [5.41, 5.74) is 2.18. The number of nitrogens with zero attached hydrogens (tertiary/aromatic N) is 4. The number of halogens is 1. The van der Waals surface area contributed by atoms with Gasteiger partial charge in [0.2, 0.25) is 0 Å². The van der Waals surface area contributed by atoms with Crippen molar-refractivity contribution in [2.75, 3.05) is 6.54 Å². The molecule has 0 aliphatic heterocycles. The number of nitrogens with one attached hydrogen (secondary N) is 1. The first kappa shape index (κ1) is 15.3. The zero-order valence-corrected chi connectivity index (χ0v) is 13.4. The van der Waals surface area contributed by atoms with Crippen molar-refractivity contribution < 1.29 is 4.79 Å². The Hall–Kier alpha value is -2.60. The molecule has 1 aromatic carbocycles. The summed E-state index contributed by atoms with van der Waals surface area (Å²) < 4.78 is 3.33. The van der Waals surface area contributed by atoms with E-state index < -0.39 is 0 Å². The molecule has 0 atom stereocenters. The molecule has 23 heavy (non-hydrogen) atoms. The third kappa shape index (κ3) is 3.60. The molecule has 0 spiro atoms. The van der Waals surface area contributed by atoms with Gasteiger partial charge in [0.1, 0.15) is 0 Å². The van der Waals surface area contributed by atoms with Crippen LogP contribution in [-0.2, 0) is 13.5 Å². The molecular weight excluding hydrogens is 314 g/mol. The number of hydrogen-bond donors (Lipinski definition) is 1. The molecule has 1 amide bonds. The predicted molar refractivity (Wildman–Crippen MR) is 87.8 cm³/mol. The van der Waals surface area contributed by atoms with E-state index in [0.717, 1.165) is 17.7 Å². The van der Waals surface area contributed by atoms with Crippen molar-refractivity contribution >= 4 is 17.5 Å². The number of carbonyl (C=O) groups is 1. The summed E-state index contributed by atoms with van der Waals surface area (Å²) in [7, 11) is 1.86. The van der Waals surface area contributed by atoms with Crippen LogP contribution >= 0.6 is 11.6 Å². The SMILES string of the molecule is Cn1cc(CCNC(=O)c2ccn(-c3ccccc3Cl)n2)cn1. The first-order chi connectivity index (χ1) is 11.1. The van der Waals surface area contributed by atoms with E-state index in [4.69, 9.17) is 11.6 Å². The Labute approximate surface area is 138 Å². The highest BCUT2D eigenvalue weighted by molar-refractivity contribution is 6.32. The minimum atomic E-state index is -0.209. The predicted octanol–water partition coefficient (Wildman–Crippen LogP) is 2.23. The van der Waals surface area contributed by atoms with Gasteiger partial charge in [0.25, 0.3) is 5.91 Å². The van der Waals surface area contributed by atoms with Gasteiger partial charge in [-0.3, -0.25) is 9.48 Å². The molecule has 1 N–H and O–H groups in total. The third-order valence-electron chi connectivity index (χ3n) is 3.38. The number of aromatic nitrogens is 4. The normalized spacial score (nSPS) is 10.7. The van der Waals surface area contributed by atoms with Gasteiger partial charge in [0.05, 0.1) is 16.9 Å². The van der Waals surface area contributed by atoms with Crippen LogP contribution in [0.15, 0.2) is 48.9 Å². The maximum Gasteiger partial charge on any atom is 0.271 e. The Morgan fingerprint density at radius 3 is 2.87 bits per heavy atom. The lowest BCUT2D eigenvalue weighted by molar-refractivity contribution is 0.0948. The maximum atomic E-state index is 12.1. The molecule has 2 aromatic heterocycles. The number of amides is 1. The van der Waals surface area contributed by atoms with Crippen molar-refractivity contribution in [2.45, 2.75) is 6.42 Å². The molecule has 6 nitrogen and oxygen atoms in total. The van der Waals surface area contributed by atoms with Gasteiger partial charge in [0.15, 0.2) is 5.69 Å². The van der Waals surface area contributed by atoms with Gasteiger partial charge in [-0.15, -0.1) is 0 Å². The molecule has 0 saturated carbocycles. The van der Waals surface area contributed by atoms with Crippen molar-refractivity contribution in [1.82, 2.24) is 24.9 Å². The van der Waals surface area contributed by atoms with Crippen LogP contribution in [-0.4, -0.2) is 32.0 Å². The lowest BCUT2D eigenvalue weighted by Gasteiger charge is -2.04. The summed E-state index contributed by atoms with van der Waals surface area (Å²) in [6.45, 7) is 0.531. The average molecular weight is 330 g/mol. The molecule has 7 heteroatoms. The van der Waals surface area contributed by atoms with Gasteiger partial charge in [-0.1, -0.05) is 23.7 Å². The van der Waals surface area contributed by atoms with E-state index in [0.29, 0.717) is 17.3 Å². The van der Waals surface area contributed by atoms with Gasteiger partial charge >= 0.3 is 0 Å². The Morgan fingerprint density at radius 1 is 1.30 bits per heavy atom. The molecule has 3 aromatic rings. The molecule has 0 fully saturated rings. The van der Waals surface area contributed by atoms with Crippen LogP contribution < -0.4 is 5.32 Å². The van der Waals surface area contributed by atoms with Crippen molar-refractivity contribution in [2.24, 2.45) is 7.05 Å². The van der Waals surface area contributed by atoms with Crippen molar-refractivity contribution in [3.05, 3.63) is 65.2 Å². The minimum absolute atomic E-state index is 0.209. The fourth-order valence-corrected chi connectivity index (χ4v) is 2.45. The average Bonchev–Trinajstić information content (AvgIpc) is 3.17. The summed E-state index contributed by atoms with van der Waals surface area (Å²) >= 11 is 6.13. The van der Waals surface area contributed by atoms with E-state index in [1.54, 1.807) is 33.9 Å². The number of aryl methyl sites for hydroxylation is 1. The standard InChI is InChI=1S/C16H16ClN5O/c1-21-11-12(10-19-21)6-8-18-16(23)14-7-9-22(20-14)15-5-3-2-4-13(15)17/h2-5,7,9-11H,6,8H2,1H3,(H,18,23). The van der Waals surface area contributed by atoms with E-state index >= 15 is 0 Å². The number of hydrogen-bond acceptors (Lipinski definition) is 3. The van der Waals surface area contributed by atoms with Crippen molar-refractivity contribution in [3.63, 3.8) is 0 Å². The van der Waals surface area contributed by atoms with Gasteiger partial charge in [0, 0.05) is 26.0 Å². The maximum absolute atomic E-state index is 12.1. The molecule has 0 unspecified atom stereocenters. The van der Waals surface area contributed by atoms with Crippen LogP contribution in [0.25, 0.3) is 5.69 Å². The van der Waals surface area contributed by atoms with E-state index in [2.05, 4.69) is 15.5 Å². The van der Waals surface area contributed by atoms with E-state index in [1.165, 1.54) is 0 Å². The van der Waals surface area contributed by atoms with Gasteiger partial charge in [-0.05, 0) is 30.2 Å². The summed E-state index contributed by atoms with van der Waals surface area (Å²) in [4.78, 5) is 12.1. The third-order valence-corrected chi connectivity index (χ3v) is 3.70. The van der Waals surface area contributed by atoms with Crippen LogP contribution in [0, 0.1) is 0 Å². The molecule has 0 radical (unpaired) electrons. The van der Waals surface area contributed by atoms with Crippen LogP contribution in [0.5, 0.6) is 0 Å². The van der Waals surface area contributed by atoms with E-state index in [-0.39, 0.29) is 5.91 Å². The number of para-hydroxylation sites is 1. The highest BCUT2D eigenvalue weighted by atomic mass is 35.5. The van der Waals surface area contributed by atoms with Crippen molar-refractivity contribution in [1.29, 1.82) is 0 Å². The smallest absolute Gasteiger partial charge is 0.271 e. The fraction of sp³-hybridized carbons (Fsp3) is 0.188. The van der Waals surface area contributed by atoms with E-state index in [1.807, 2.05) is 31.4 Å². The Kier molecular flexibility index (Phi) is 4.43. The molecular formula is C16H16ClN5O. The fourth-order valence-electron chi connectivity index (χ4n) is 2.23. The highest BCUT2D eigenvalue weighted by Gasteiger charge is 2.11. The largest absolute Gasteiger partial charge is 0.350 e. The van der Waals surface area contributed by atoms with Gasteiger partial charge in [-0.25, -0.2) is 4.68 Å². The second-order valence-corrected chi connectivity index (χ2v) is 5.53.